The van der Waals surface area contributed by atoms with E-state index in [9.17, 15) is 5.11 Å². The molecule has 1 aliphatic heterocycles. The second kappa shape index (κ2) is 3.58. The van der Waals surface area contributed by atoms with Crippen molar-refractivity contribution in [2.75, 3.05) is 7.05 Å². The summed E-state index contributed by atoms with van der Waals surface area (Å²) in [6, 6.07) is 0. The summed E-state index contributed by atoms with van der Waals surface area (Å²) in [6.45, 7) is 8.77. The summed E-state index contributed by atoms with van der Waals surface area (Å²) < 4.78 is 0. The minimum Gasteiger partial charge on any atom is -0.393 e. The lowest BCUT2D eigenvalue weighted by Gasteiger charge is -2.52. The van der Waals surface area contributed by atoms with Gasteiger partial charge in [0.25, 0.3) is 0 Å². The first-order valence-electron chi connectivity index (χ1n) is 4.68. The van der Waals surface area contributed by atoms with Gasteiger partial charge in [-0.3, -0.25) is 4.90 Å². The fraction of sp³-hybridized carbons (Fsp3) is 1.00. The maximum Gasteiger partial charge on any atom is 0.0575 e. The van der Waals surface area contributed by atoms with Crippen molar-refractivity contribution >= 4 is 0 Å². The molecule has 1 fully saturated rings. The van der Waals surface area contributed by atoms with E-state index >= 15 is 0 Å². The minimum atomic E-state index is -0.133. The molecule has 0 aliphatic carbocycles. The first kappa shape index (κ1) is 12.9. The van der Waals surface area contributed by atoms with Crippen LogP contribution in [-0.2, 0) is 0 Å². The highest BCUT2D eigenvalue weighted by Crippen LogP contribution is 2.36. The Bertz CT molecular complexity index is 157. The van der Waals surface area contributed by atoms with E-state index in [0.29, 0.717) is 0 Å². The van der Waals surface area contributed by atoms with Crippen molar-refractivity contribution in [3.05, 3.63) is 0 Å². The fourth-order valence-electron chi connectivity index (χ4n) is 2.32. The third kappa shape index (κ3) is 2.44. The van der Waals surface area contributed by atoms with Crippen LogP contribution in [0.25, 0.3) is 0 Å². The van der Waals surface area contributed by atoms with E-state index in [1.807, 2.05) is 0 Å². The lowest BCUT2D eigenvalue weighted by molar-refractivity contribution is -0.0641. The van der Waals surface area contributed by atoms with Gasteiger partial charge in [-0.25, -0.2) is 0 Å². The molecule has 0 radical (unpaired) electrons. The van der Waals surface area contributed by atoms with Crippen LogP contribution in [0.4, 0.5) is 0 Å². The molecule has 0 atom stereocenters. The molecule has 0 aromatic rings. The molecule has 2 nitrogen and oxygen atoms in total. The van der Waals surface area contributed by atoms with E-state index in [0.717, 1.165) is 12.8 Å². The smallest absolute Gasteiger partial charge is 0.0575 e. The van der Waals surface area contributed by atoms with Gasteiger partial charge in [0.15, 0.2) is 0 Å². The van der Waals surface area contributed by atoms with Gasteiger partial charge in [-0.2, -0.15) is 0 Å². The van der Waals surface area contributed by atoms with Gasteiger partial charge in [-0.05, 0) is 47.6 Å². The molecular formula is C11H25NO. The van der Waals surface area contributed by atoms with Gasteiger partial charge in [0.05, 0.1) is 6.10 Å². The zero-order chi connectivity index (χ0) is 9.57. The number of likely N-dealkylation sites (tertiary alicyclic amines) is 1. The highest BCUT2D eigenvalue weighted by molar-refractivity contribution is 4.98. The molecular weight excluding hydrogens is 162 g/mol. The normalized spacial score (nSPS) is 28.2. The standard InChI is InChI=1S/C10H21NO.CH4/c1-9(2)6-8(12)7-10(3,4)11(9)5;/h8,12H,6-7H2,1-5H3;1H4. The SMILES string of the molecule is C.CN1C(C)(C)CC(O)CC1(C)C. The van der Waals surface area contributed by atoms with Crippen molar-refractivity contribution in [3.8, 4) is 0 Å². The minimum absolute atomic E-state index is 0. The van der Waals surface area contributed by atoms with Crippen LogP contribution >= 0.6 is 0 Å². The molecule has 0 bridgehead atoms. The molecule has 0 unspecified atom stereocenters. The molecule has 0 spiro atoms. The zero-order valence-corrected chi connectivity index (χ0v) is 8.89. The molecule has 1 saturated heterocycles. The van der Waals surface area contributed by atoms with Crippen LogP contribution in [0.15, 0.2) is 0 Å². The van der Waals surface area contributed by atoms with E-state index in [2.05, 4.69) is 39.6 Å². The number of aliphatic hydroxyl groups excluding tert-OH is 1. The molecule has 13 heavy (non-hydrogen) atoms. The van der Waals surface area contributed by atoms with Crippen molar-refractivity contribution in [1.82, 2.24) is 4.90 Å². The Morgan fingerprint density at radius 3 is 1.69 bits per heavy atom. The molecule has 1 rings (SSSR count). The molecule has 0 amide bonds. The van der Waals surface area contributed by atoms with Gasteiger partial charge < -0.3 is 5.11 Å². The summed E-state index contributed by atoms with van der Waals surface area (Å²) in [5.41, 5.74) is 0.252. The third-order valence-electron chi connectivity index (χ3n) is 3.29. The Labute approximate surface area is 82.9 Å². The van der Waals surface area contributed by atoms with Crippen molar-refractivity contribution in [3.63, 3.8) is 0 Å². The van der Waals surface area contributed by atoms with Crippen LogP contribution in [0.3, 0.4) is 0 Å². The maximum atomic E-state index is 9.67. The van der Waals surface area contributed by atoms with Gasteiger partial charge in [0.2, 0.25) is 0 Å². The quantitative estimate of drug-likeness (QED) is 0.629. The second-order valence-electron chi connectivity index (χ2n) is 5.25. The highest BCUT2D eigenvalue weighted by Gasteiger charge is 2.42. The summed E-state index contributed by atoms with van der Waals surface area (Å²) in [7, 11) is 2.14. The average Bonchev–Trinajstić information content (AvgIpc) is 1.80. The first-order chi connectivity index (χ1) is 5.26. The summed E-state index contributed by atoms with van der Waals surface area (Å²) >= 11 is 0. The van der Waals surface area contributed by atoms with Crippen molar-refractivity contribution < 1.29 is 5.11 Å². The monoisotopic (exact) mass is 187 g/mol. The molecule has 1 N–H and O–H groups in total. The fourth-order valence-corrected chi connectivity index (χ4v) is 2.32. The Morgan fingerprint density at radius 2 is 1.38 bits per heavy atom. The highest BCUT2D eigenvalue weighted by atomic mass is 16.3. The third-order valence-corrected chi connectivity index (χ3v) is 3.29. The average molecular weight is 187 g/mol. The van der Waals surface area contributed by atoms with Crippen molar-refractivity contribution in [2.24, 2.45) is 0 Å². The molecule has 1 aliphatic rings. The summed E-state index contributed by atoms with van der Waals surface area (Å²) in [5.74, 6) is 0. The van der Waals surface area contributed by atoms with Crippen LogP contribution in [0.2, 0.25) is 0 Å². The van der Waals surface area contributed by atoms with Gasteiger partial charge in [-0.15, -0.1) is 0 Å². The van der Waals surface area contributed by atoms with Gasteiger partial charge in [-0.1, -0.05) is 7.43 Å². The van der Waals surface area contributed by atoms with Crippen LogP contribution in [0.1, 0.15) is 48.0 Å². The molecule has 1 heterocycles. The van der Waals surface area contributed by atoms with Gasteiger partial charge >= 0.3 is 0 Å². The predicted molar refractivity (Wildman–Crippen MR) is 57.9 cm³/mol. The van der Waals surface area contributed by atoms with E-state index in [1.54, 1.807) is 0 Å². The number of hydrogen-bond acceptors (Lipinski definition) is 2. The zero-order valence-electron chi connectivity index (χ0n) is 8.89. The lowest BCUT2D eigenvalue weighted by atomic mass is 9.79. The largest absolute Gasteiger partial charge is 0.393 e. The topological polar surface area (TPSA) is 23.5 Å². The number of piperidine rings is 1. The number of nitrogens with zero attached hydrogens (tertiary/aromatic N) is 1. The van der Waals surface area contributed by atoms with E-state index < -0.39 is 0 Å². The molecule has 0 saturated carbocycles. The Balaban J connectivity index is 0.00000144. The van der Waals surface area contributed by atoms with Crippen molar-refractivity contribution in [1.29, 1.82) is 0 Å². The second-order valence-corrected chi connectivity index (χ2v) is 5.25. The Kier molecular flexibility index (Phi) is 3.56. The van der Waals surface area contributed by atoms with Gasteiger partial charge in [0.1, 0.15) is 0 Å². The maximum absolute atomic E-state index is 9.67. The Morgan fingerprint density at radius 1 is 1.08 bits per heavy atom. The van der Waals surface area contributed by atoms with Gasteiger partial charge in [0, 0.05) is 11.1 Å². The molecule has 0 aromatic carbocycles. The summed E-state index contributed by atoms with van der Waals surface area (Å²) in [4.78, 5) is 2.37. The van der Waals surface area contributed by atoms with Crippen LogP contribution < -0.4 is 0 Å². The van der Waals surface area contributed by atoms with Crippen LogP contribution in [0.5, 0.6) is 0 Å². The lowest BCUT2D eigenvalue weighted by Crippen LogP contribution is -2.59. The summed E-state index contributed by atoms with van der Waals surface area (Å²) in [5, 5.41) is 9.67. The Hall–Kier alpha value is -0.0800. The van der Waals surface area contributed by atoms with Crippen molar-refractivity contribution in [2.45, 2.75) is 65.1 Å². The predicted octanol–water partition coefficient (Wildman–Crippen LogP) is 2.27. The van der Waals surface area contributed by atoms with E-state index in [4.69, 9.17) is 0 Å². The van der Waals surface area contributed by atoms with Crippen LogP contribution in [-0.4, -0.2) is 34.2 Å². The molecule has 2 heteroatoms. The summed E-state index contributed by atoms with van der Waals surface area (Å²) in [6.07, 6.45) is 1.63. The number of aliphatic hydroxyl groups is 1. The molecule has 80 valence electrons. The van der Waals surface area contributed by atoms with E-state index in [1.165, 1.54) is 0 Å². The van der Waals surface area contributed by atoms with Crippen LogP contribution in [0, 0.1) is 0 Å². The van der Waals surface area contributed by atoms with E-state index in [-0.39, 0.29) is 24.6 Å². The number of rotatable bonds is 0. The first-order valence-corrected chi connectivity index (χ1v) is 4.68. The number of hydrogen-bond donors (Lipinski definition) is 1. The molecule has 0 aromatic heterocycles.